The van der Waals surface area contributed by atoms with Crippen LogP contribution in [0.1, 0.15) is 22.4 Å². The molecule has 128 valence electrons. The molecular formula is C22H22FNS. The van der Waals surface area contributed by atoms with Crippen LogP contribution < -0.4 is 0 Å². The van der Waals surface area contributed by atoms with Crippen molar-refractivity contribution >= 4 is 11.8 Å². The smallest absolute Gasteiger partial charge is 0.123 e. The highest BCUT2D eigenvalue weighted by molar-refractivity contribution is 7.99. The molecule has 2 atom stereocenters. The molecule has 1 nitrogen and oxygen atoms in total. The zero-order chi connectivity index (χ0) is 17.6. The Hall–Kier alpha value is -2.10. The second-order valence-corrected chi connectivity index (χ2v) is 7.44. The third-order valence-corrected chi connectivity index (χ3v) is 5.52. The van der Waals surface area contributed by atoms with Crippen molar-refractivity contribution in [3.05, 3.63) is 102 Å². The molecule has 0 fully saturated rings. The van der Waals surface area contributed by atoms with Gasteiger partial charge < -0.3 is 4.90 Å². The molecule has 3 rings (SSSR count). The summed E-state index contributed by atoms with van der Waals surface area (Å²) in [6, 6.07) is 28.0. The summed E-state index contributed by atoms with van der Waals surface area (Å²) in [7, 11) is 4.16. The van der Waals surface area contributed by atoms with Crippen LogP contribution in [0.3, 0.4) is 0 Å². The number of hydrogen-bond acceptors (Lipinski definition) is 2. The van der Waals surface area contributed by atoms with Crippen molar-refractivity contribution in [2.24, 2.45) is 0 Å². The Bertz CT molecular complexity index is 772. The lowest BCUT2D eigenvalue weighted by Crippen LogP contribution is -2.25. The molecule has 3 heteroatoms. The monoisotopic (exact) mass is 351 g/mol. The lowest BCUT2D eigenvalue weighted by atomic mass is 9.97. The van der Waals surface area contributed by atoms with E-state index in [0.29, 0.717) is 0 Å². The van der Waals surface area contributed by atoms with Crippen molar-refractivity contribution in [3.63, 3.8) is 0 Å². The Kier molecular flexibility index (Phi) is 5.90. The Morgan fingerprint density at radius 2 is 1.28 bits per heavy atom. The molecule has 0 unspecified atom stereocenters. The van der Waals surface area contributed by atoms with Gasteiger partial charge >= 0.3 is 0 Å². The molecule has 0 aliphatic heterocycles. The Balaban J connectivity index is 2.02. The SMILES string of the molecule is CN(C)[C@@H](c1ccc(F)cc1)[C@@H](Sc1ccccc1)c1ccccc1. The topological polar surface area (TPSA) is 3.24 Å². The molecule has 0 saturated heterocycles. The maximum absolute atomic E-state index is 13.4. The van der Waals surface area contributed by atoms with Gasteiger partial charge in [0.2, 0.25) is 0 Å². The third-order valence-electron chi connectivity index (χ3n) is 4.19. The summed E-state index contributed by atoms with van der Waals surface area (Å²) in [5.74, 6) is -0.201. The molecule has 0 heterocycles. The average molecular weight is 351 g/mol. The molecule has 3 aromatic carbocycles. The van der Waals surface area contributed by atoms with Crippen LogP contribution in [-0.4, -0.2) is 19.0 Å². The standard InChI is InChI=1S/C22H22FNS/c1-24(2)21(17-13-15-19(23)16-14-17)22(18-9-5-3-6-10-18)25-20-11-7-4-8-12-20/h3-16,21-22H,1-2H3/t21-,22-/m0/s1. The molecule has 0 N–H and O–H groups in total. The minimum atomic E-state index is -0.201. The van der Waals surface area contributed by atoms with E-state index in [4.69, 9.17) is 0 Å². The molecule has 0 amide bonds. The maximum Gasteiger partial charge on any atom is 0.123 e. The highest BCUT2D eigenvalue weighted by Crippen LogP contribution is 2.46. The van der Waals surface area contributed by atoms with Crippen LogP contribution in [0.5, 0.6) is 0 Å². The van der Waals surface area contributed by atoms with E-state index in [9.17, 15) is 4.39 Å². The van der Waals surface area contributed by atoms with Crippen molar-refractivity contribution < 1.29 is 4.39 Å². The zero-order valence-electron chi connectivity index (χ0n) is 14.5. The van der Waals surface area contributed by atoms with Crippen LogP contribution in [0.25, 0.3) is 0 Å². The average Bonchev–Trinajstić information content (AvgIpc) is 2.64. The number of likely N-dealkylation sites (N-methyl/N-ethyl adjacent to an activating group) is 1. The first-order valence-electron chi connectivity index (χ1n) is 8.33. The van der Waals surface area contributed by atoms with E-state index < -0.39 is 0 Å². The second-order valence-electron chi connectivity index (χ2n) is 6.22. The lowest BCUT2D eigenvalue weighted by molar-refractivity contribution is 0.293. The van der Waals surface area contributed by atoms with Gasteiger partial charge in [0, 0.05) is 4.90 Å². The molecule has 0 aromatic heterocycles. The van der Waals surface area contributed by atoms with Gasteiger partial charge in [0.1, 0.15) is 5.82 Å². The van der Waals surface area contributed by atoms with Crippen LogP contribution >= 0.6 is 11.8 Å². The Morgan fingerprint density at radius 3 is 1.84 bits per heavy atom. The van der Waals surface area contributed by atoms with E-state index in [1.54, 1.807) is 12.1 Å². The minimum absolute atomic E-state index is 0.133. The van der Waals surface area contributed by atoms with E-state index in [2.05, 4.69) is 67.5 Å². The van der Waals surface area contributed by atoms with E-state index >= 15 is 0 Å². The number of halogens is 1. The minimum Gasteiger partial charge on any atom is -0.301 e. The van der Waals surface area contributed by atoms with Gasteiger partial charge in [-0.25, -0.2) is 4.39 Å². The fourth-order valence-electron chi connectivity index (χ4n) is 3.01. The first-order chi connectivity index (χ1) is 12.1. The molecule has 25 heavy (non-hydrogen) atoms. The van der Waals surface area contributed by atoms with Crippen LogP contribution in [0.15, 0.2) is 89.8 Å². The highest BCUT2D eigenvalue weighted by Gasteiger charge is 2.27. The van der Waals surface area contributed by atoms with E-state index in [1.807, 2.05) is 36.0 Å². The molecular weight excluding hydrogens is 329 g/mol. The van der Waals surface area contributed by atoms with E-state index in [0.717, 1.165) is 5.56 Å². The zero-order valence-corrected chi connectivity index (χ0v) is 15.3. The quantitative estimate of drug-likeness (QED) is 0.504. The van der Waals surface area contributed by atoms with Crippen molar-refractivity contribution in [1.82, 2.24) is 4.90 Å². The van der Waals surface area contributed by atoms with Gasteiger partial charge in [-0.3, -0.25) is 0 Å². The predicted octanol–water partition coefficient (Wildman–Crippen LogP) is 5.96. The van der Waals surface area contributed by atoms with Gasteiger partial charge in [0.15, 0.2) is 0 Å². The summed E-state index contributed by atoms with van der Waals surface area (Å²) in [5, 5.41) is 0.198. The predicted molar refractivity (Wildman–Crippen MR) is 104 cm³/mol. The van der Waals surface area contributed by atoms with E-state index in [-0.39, 0.29) is 17.1 Å². The summed E-state index contributed by atoms with van der Waals surface area (Å²) in [4.78, 5) is 3.44. The van der Waals surface area contributed by atoms with Crippen molar-refractivity contribution in [1.29, 1.82) is 0 Å². The van der Waals surface area contributed by atoms with Gasteiger partial charge in [0.05, 0.1) is 11.3 Å². The normalized spacial score (nSPS) is 13.6. The molecule has 0 bridgehead atoms. The summed E-state index contributed by atoms with van der Waals surface area (Å²) >= 11 is 1.84. The van der Waals surface area contributed by atoms with Gasteiger partial charge in [-0.2, -0.15) is 0 Å². The first kappa shape index (κ1) is 17.7. The van der Waals surface area contributed by atoms with Crippen molar-refractivity contribution in [3.8, 4) is 0 Å². The van der Waals surface area contributed by atoms with Gasteiger partial charge in [-0.1, -0.05) is 60.7 Å². The summed E-state index contributed by atoms with van der Waals surface area (Å²) in [6.07, 6.45) is 0. The van der Waals surface area contributed by atoms with Gasteiger partial charge in [-0.15, -0.1) is 11.8 Å². The molecule has 0 saturated carbocycles. The lowest BCUT2D eigenvalue weighted by Gasteiger charge is -2.33. The molecule has 0 spiro atoms. The second kappa shape index (κ2) is 8.32. The summed E-state index contributed by atoms with van der Waals surface area (Å²) in [6.45, 7) is 0. The van der Waals surface area contributed by atoms with Crippen LogP contribution in [-0.2, 0) is 0 Å². The van der Waals surface area contributed by atoms with Crippen molar-refractivity contribution in [2.75, 3.05) is 14.1 Å². The Morgan fingerprint density at radius 1 is 0.720 bits per heavy atom. The van der Waals surface area contributed by atoms with Crippen LogP contribution in [0.2, 0.25) is 0 Å². The fourth-order valence-corrected chi connectivity index (χ4v) is 4.44. The largest absolute Gasteiger partial charge is 0.301 e. The number of nitrogens with zero attached hydrogens (tertiary/aromatic N) is 1. The van der Waals surface area contributed by atoms with Crippen LogP contribution in [0, 0.1) is 5.82 Å². The Labute approximate surface area is 153 Å². The maximum atomic E-state index is 13.4. The van der Waals surface area contributed by atoms with Gasteiger partial charge in [-0.05, 0) is 49.5 Å². The first-order valence-corrected chi connectivity index (χ1v) is 9.21. The number of hydrogen-bond donors (Lipinski definition) is 0. The van der Waals surface area contributed by atoms with Crippen LogP contribution in [0.4, 0.5) is 4.39 Å². The molecule has 3 aromatic rings. The van der Waals surface area contributed by atoms with E-state index in [1.165, 1.54) is 10.5 Å². The molecule has 0 radical (unpaired) electrons. The fraction of sp³-hybridized carbons (Fsp3) is 0.182. The van der Waals surface area contributed by atoms with Crippen molar-refractivity contribution in [2.45, 2.75) is 16.2 Å². The molecule has 0 aliphatic rings. The number of benzene rings is 3. The number of rotatable bonds is 6. The molecule has 0 aliphatic carbocycles. The highest BCUT2D eigenvalue weighted by atomic mass is 32.2. The summed E-state index contributed by atoms with van der Waals surface area (Å²) < 4.78 is 13.4. The third kappa shape index (κ3) is 4.50. The number of thioether (sulfide) groups is 1. The van der Waals surface area contributed by atoms with Gasteiger partial charge in [0.25, 0.3) is 0 Å². The summed E-state index contributed by atoms with van der Waals surface area (Å²) in [5.41, 5.74) is 2.38.